The van der Waals surface area contributed by atoms with Crippen molar-refractivity contribution >= 4 is 28.2 Å². The van der Waals surface area contributed by atoms with Crippen molar-refractivity contribution in [2.75, 3.05) is 11.9 Å². The van der Waals surface area contributed by atoms with Crippen LogP contribution in [0.2, 0.25) is 0 Å². The molecular weight excluding hydrogens is 274 g/mol. The number of carbonyl (C=O) groups is 2. The molecule has 4 nitrogen and oxygen atoms in total. The molecule has 0 spiro atoms. The standard InChI is InChI=1S/C15H21NO3S/c1-5-8-11-9-12(15(18)19-7-3)14(20-11)16-13(17)10(4)6-2/h6,9H,5,7-8H2,1-4H3,(H,16,17)/b10-6+. The van der Waals surface area contributed by atoms with Crippen LogP contribution in [0.1, 0.15) is 49.4 Å². The summed E-state index contributed by atoms with van der Waals surface area (Å²) in [5.74, 6) is -0.581. The van der Waals surface area contributed by atoms with Gasteiger partial charge in [-0.05, 0) is 33.3 Å². The molecule has 20 heavy (non-hydrogen) atoms. The van der Waals surface area contributed by atoms with Gasteiger partial charge in [-0.3, -0.25) is 4.79 Å². The highest BCUT2D eigenvalue weighted by atomic mass is 32.1. The van der Waals surface area contributed by atoms with E-state index in [4.69, 9.17) is 4.74 Å². The number of anilines is 1. The van der Waals surface area contributed by atoms with E-state index in [2.05, 4.69) is 12.2 Å². The van der Waals surface area contributed by atoms with Crippen LogP contribution in [-0.2, 0) is 16.0 Å². The molecule has 0 saturated carbocycles. The lowest BCUT2D eigenvalue weighted by molar-refractivity contribution is -0.112. The number of aryl methyl sites for hydroxylation is 1. The van der Waals surface area contributed by atoms with Gasteiger partial charge in [-0.2, -0.15) is 0 Å². The Bertz CT molecular complexity index is 517. The summed E-state index contributed by atoms with van der Waals surface area (Å²) >= 11 is 1.43. The Hall–Kier alpha value is -1.62. The third kappa shape index (κ3) is 4.20. The Morgan fingerprint density at radius 3 is 2.65 bits per heavy atom. The zero-order valence-electron chi connectivity index (χ0n) is 12.4. The van der Waals surface area contributed by atoms with Crippen molar-refractivity contribution < 1.29 is 14.3 Å². The summed E-state index contributed by atoms with van der Waals surface area (Å²) < 4.78 is 5.03. The number of nitrogens with one attached hydrogen (secondary N) is 1. The molecule has 5 heteroatoms. The van der Waals surface area contributed by atoms with Gasteiger partial charge >= 0.3 is 5.97 Å². The van der Waals surface area contributed by atoms with E-state index in [1.54, 1.807) is 26.8 Å². The number of rotatable bonds is 6. The minimum Gasteiger partial charge on any atom is -0.462 e. The second kappa shape index (κ2) is 7.85. The first-order valence-corrected chi connectivity index (χ1v) is 7.59. The molecule has 0 fully saturated rings. The summed E-state index contributed by atoms with van der Waals surface area (Å²) in [5.41, 5.74) is 1.06. The fourth-order valence-electron chi connectivity index (χ4n) is 1.60. The van der Waals surface area contributed by atoms with Crippen LogP contribution in [-0.4, -0.2) is 18.5 Å². The van der Waals surface area contributed by atoms with Gasteiger partial charge in [0, 0.05) is 10.5 Å². The summed E-state index contributed by atoms with van der Waals surface area (Å²) in [6, 6.07) is 1.81. The maximum Gasteiger partial charge on any atom is 0.341 e. The van der Waals surface area contributed by atoms with Gasteiger partial charge in [0.05, 0.1) is 12.2 Å². The van der Waals surface area contributed by atoms with Crippen LogP contribution in [0.25, 0.3) is 0 Å². The van der Waals surface area contributed by atoms with Gasteiger partial charge in [0.1, 0.15) is 5.00 Å². The SMILES string of the molecule is C/C=C(\C)C(=O)Nc1sc(CCC)cc1C(=O)OCC. The van der Waals surface area contributed by atoms with Crippen molar-refractivity contribution in [2.24, 2.45) is 0 Å². The maximum absolute atomic E-state index is 11.9. The van der Waals surface area contributed by atoms with Crippen molar-refractivity contribution in [3.8, 4) is 0 Å². The summed E-state index contributed by atoms with van der Waals surface area (Å²) in [4.78, 5) is 24.9. The molecule has 0 aromatic carbocycles. The topological polar surface area (TPSA) is 55.4 Å². The summed E-state index contributed by atoms with van der Waals surface area (Å²) in [5, 5.41) is 3.36. The van der Waals surface area contributed by atoms with E-state index in [0.717, 1.165) is 17.7 Å². The predicted octanol–water partition coefficient (Wildman–Crippen LogP) is 3.78. The molecule has 1 N–H and O–H groups in total. The highest BCUT2D eigenvalue weighted by Gasteiger charge is 2.19. The number of allylic oxidation sites excluding steroid dienone is 1. The fourth-order valence-corrected chi connectivity index (χ4v) is 2.74. The molecule has 1 aromatic rings. The van der Waals surface area contributed by atoms with E-state index < -0.39 is 0 Å². The van der Waals surface area contributed by atoms with Gasteiger partial charge in [0.15, 0.2) is 0 Å². The van der Waals surface area contributed by atoms with Gasteiger partial charge in [-0.25, -0.2) is 4.79 Å². The molecule has 0 aliphatic carbocycles. The van der Waals surface area contributed by atoms with Crippen LogP contribution in [0.3, 0.4) is 0 Å². The molecule has 0 radical (unpaired) electrons. The molecule has 0 aliphatic rings. The van der Waals surface area contributed by atoms with Crippen molar-refractivity contribution in [3.63, 3.8) is 0 Å². The molecule has 0 bridgehead atoms. The van der Waals surface area contributed by atoms with Crippen molar-refractivity contribution in [2.45, 2.75) is 40.5 Å². The molecule has 0 atom stereocenters. The number of hydrogen-bond donors (Lipinski definition) is 1. The summed E-state index contributed by atoms with van der Waals surface area (Å²) in [6.07, 6.45) is 3.61. The van der Waals surface area contributed by atoms with E-state index in [0.29, 0.717) is 22.7 Å². The summed E-state index contributed by atoms with van der Waals surface area (Å²) in [7, 11) is 0. The lowest BCUT2D eigenvalue weighted by atomic mass is 10.2. The molecule has 1 amide bonds. The van der Waals surface area contributed by atoms with Crippen molar-refractivity contribution in [3.05, 3.63) is 28.2 Å². The lowest BCUT2D eigenvalue weighted by Crippen LogP contribution is -2.14. The van der Waals surface area contributed by atoms with E-state index in [1.807, 2.05) is 6.07 Å². The largest absolute Gasteiger partial charge is 0.462 e. The Morgan fingerprint density at radius 2 is 2.10 bits per heavy atom. The first kappa shape index (κ1) is 16.4. The van der Waals surface area contributed by atoms with Gasteiger partial charge in [-0.15, -0.1) is 11.3 Å². The van der Waals surface area contributed by atoms with Gasteiger partial charge in [0.2, 0.25) is 0 Å². The Kier molecular flexibility index (Phi) is 6.45. The predicted molar refractivity (Wildman–Crippen MR) is 82.3 cm³/mol. The molecule has 110 valence electrons. The van der Waals surface area contributed by atoms with Gasteiger partial charge in [-0.1, -0.05) is 19.4 Å². The van der Waals surface area contributed by atoms with Crippen molar-refractivity contribution in [1.82, 2.24) is 0 Å². The molecule has 0 unspecified atom stereocenters. The van der Waals surface area contributed by atoms with E-state index in [-0.39, 0.29) is 11.9 Å². The third-order valence-corrected chi connectivity index (χ3v) is 3.90. The van der Waals surface area contributed by atoms with Crippen LogP contribution in [0, 0.1) is 0 Å². The molecular formula is C15H21NO3S. The number of ether oxygens (including phenoxy) is 1. The smallest absolute Gasteiger partial charge is 0.341 e. The van der Waals surface area contributed by atoms with Crippen LogP contribution in [0.5, 0.6) is 0 Å². The average molecular weight is 295 g/mol. The van der Waals surface area contributed by atoms with Crippen LogP contribution in [0.4, 0.5) is 5.00 Å². The number of hydrogen-bond acceptors (Lipinski definition) is 4. The van der Waals surface area contributed by atoms with Crippen molar-refractivity contribution in [1.29, 1.82) is 0 Å². The normalized spacial score (nSPS) is 11.3. The van der Waals surface area contributed by atoms with Crippen LogP contribution in [0.15, 0.2) is 17.7 Å². The maximum atomic E-state index is 11.9. The molecule has 1 heterocycles. The number of amides is 1. The highest BCUT2D eigenvalue weighted by molar-refractivity contribution is 7.16. The second-order valence-corrected chi connectivity index (χ2v) is 5.49. The zero-order chi connectivity index (χ0) is 15.1. The first-order valence-electron chi connectivity index (χ1n) is 6.77. The molecule has 0 saturated heterocycles. The summed E-state index contributed by atoms with van der Waals surface area (Å²) in [6.45, 7) is 7.70. The quantitative estimate of drug-likeness (QED) is 0.642. The Morgan fingerprint density at radius 1 is 1.40 bits per heavy atom. The Labute approximate surface area is 123 Å². The van der Waals surface area contributed by atoms with Gasteiger partial charge in [0.25, 0.3) is 5.91 Å². The molecule has 0 aliphatic heterocycles. The monoisotopic (exact) mass is 295 g/mol. The van der Waals surface area contributed by atoms with E-state index >= 15 is 0 Å². The number of esters is 1. The average Bonchev–Trinajstić information content (AvgIpc) is 2.81. The zero-order valence-corrected chi connectivity index (χ0v) is 13.2. The molecule has 1 aromatic heterocycles. The number of carbonyl (C=O) groups excluding carboxylic acids is 2. The van der Waals surface area contributed by atoms with E-state index in [9.17, 15) is 9.59 Å². The van der Waals surface area contributed by atoms with E-state index in [1.165, 1.54) is 11.3 Å². The number of thiophene rings is 1. The minimum absolute atomic E-state index is 0.192. The first-order chi connectivity index (χ1) is 9.53. The molecule has 1 rings (SSSR count). The van der Waals surface area contributed by atoms with Crippen LogP contribution < -0.4 is 5.32 Å². The lowest BCUT2D eigenvalue weighted by Gasteiger charge is -2.05. The minimum atomic E-state index is -0.389. The fraction of sp³-hybridized carbons (Fsp3) is 0.467. The second-order valence-electron chi connectivity index (χ2n) is 4.35. The van der Waals surface area contributed by atoms with Crippen LogP contribution >= 0.6 is 11.3 Å². The Balaban J connectivity index is 3.03. The van der Waals surface area contributed by atoms with Gasteiger partial charge < -0.3 is 10.1 Å². The third-order valence-electron chi connectivity index (χ3n) is 2.79. The highest BCUT2D eigenvalue weighted by Crippen LogP contribution is 2.30.